The first-order valence-electron chi connectivity index (χ1n) is 5.50. The third-order valence-corrected chi connectivity index (χ3v) is 3.22. The van der Waals surface area contributed by atoms with Gasteiger partial charge in [0.25, 0.3) is 0 Å². The molecule has 1 aromatic rings. The number of phenols is 1. The fourth-order valence-corrected chi connectivity index (χ4v) is 2.06. The van der Waals surface area contributed by atoms with Crippen molar-refractivity contribution in [3.63, 3.8) is 0 Å². The summed E-state index contributed by atoms with van der Waals surface area (Å²) in [6, 6.07) is 3.73. The van der Waals surface area contributed by atoms with Gasteiger partial charge in [-0.2, -0.15) is 0 Å². The zero-order valence-corrected chi connectivity index (χ0v) is 9.54. The Hall–Kier alpha value is -1.02. The smallest absolute Gasteiger partial charge is 0.119 e. The van der Waals surface area contributed by atoms with Crippen LogP contribution in [0.4, 0.5) is 0 Å². The van der Waals surface area contributed by atoms with Crippen LogP contribution in [0.5, 0.6) is 5.75 Å². The highest BCUT2D eigenvalue weighted by Gasteiger charge is 2.43. The van der Waals surface area contributed by atoms with Gasteiger partial charge in [0.1, 0.15) is 5.75 Å². The molecule has 1 saturated carbocycles. The van der Waals surface area contributed by atoms with Crippen LogP contribution in [0.25, 0.3) is 0 Å². The normalized spacial score (nSPS) is 18.2. The van der Waals surface area contributed by atoms with Crippen molar-refractivity contribution in [2.75, 3.05) is 0 Å². The quantitative estimate of drug-likeness (QED) is 0.781. The lowest BCUT2D eigenvalue weighted by molar-refractivity contribution is 0.150. The fourth-order valence-electron chi connectivity index (χ4n) is 2.06. The lowest BCUT2D eigenvalue weighted by atomic mass is 9.93. The summed E-state index contributed by atoms with van der Waals surface area (Å²) in [5.41, 5.74) is 2.29. The molecule has 0 radical (unpaired) electrons. The molecule has 0 unspecified atom stereocenters. The molecule has 2 N–H and O–H groups in total. The molecule has 1 aliphatic carbocycles. The van der Waals surface area contributed by atoms with Crippen molar-refractivity contribution >= 4 is 0 Å². The third kappa shape index (κ3) is 1.74. The van der Waals surface area contributed by atoms with Crippen molar-refractivity contribution in [2.24, 2.45) is 0 Å². The minimum atomic E-state index is -0.610. The van der Waals surface area contributed by atoms with Gasteiger partial charge in [-0.3, -0.25) is 0 Å². The zero-order valence-electron chi connectivity index (χ0n) is 9.54. The summed E-state index contributed by atoms with van der Waals surface area (Å²) < 4.78 is 0. The van der Waals surface area contributed by atoms with Gasteiger partial charge in [0.15, 0.2) is 0 Å². The Morgan fingerprint density at radius 3 is 2.33 bits per heavy atom. The Balaban J connectivity index is 2.51. The van der Waals surface area contributed by atoms with Crippen LogP contribution < -0.4 is 0 Å². The monoisotopic (exact) mass is 206 g/mol. The minimum Gasteiger partial charge on any atom is -0.508 e. The molecule has 2 nitrogen and oxygen atoms in total. The maximum Gasteiger partial charge on any atom is 0.119 e. The van der Waals surface area contributed by atoms with E-state index in [2.05, 4.69) is 0 Å². The maximum atomic E-state index is 10.1. The number of hydrogen-bond donors (Lipinski definition) is 2. The van der Waals surface area contributed by atoms with Gasteiger partial charge in [-0.05, 0) is 54.5 Å². The maximum absolute atomic E-state index is 10.1. The van der Waals surface area contributed by atoms with Crippen LogP contribution in [0, 0.1) is 6.92 Å². The summed E-state index contributed by atoms with van der Waals surface area (Å²) in [5, 5.41) is 19.9. The van der Waals surface area contributed by atoms with Gasteiger partial charge in [-0.1, -0.05) is 13.8 Å². The topological polar surface area (TPSA) is 40.5 Å². The van der Waals surface area contributed by atoms with E-state index in [-0.39, 0.29) is 5.92 Å². The average Bonchev–Trinajstić information content (AvgIpc) is 2.83. The van der Waals surface area contributed by atoms with Crippen LogP contribution >= 0.6 is 0 Å². The standard InChI is InChI=1S/C13H18O2/c1-8(2)10-7-11(13(15)4-5-13)9(3)6-12(10)14/h6-8,14-15H,4-5H2,1-3H3. The lowest BCUT2D eigenvalue weighted by Gasteiger charge is -2.17. The van der Waals surface area contributed by atoms with E-state index in [1.165, 1.54) is 0 Å². The Kier molecular flexibility index (Phi) is 2.27. The summed E-state index contributed by atoms with van der Waals surface area (Å²) in [4.78, 5) is 0. The molecule has 82 valence electrons. The number of aryl methyl sites for hydroxylation is 1. The van der Waals surface area contributed by atoms with E-state index in [9.17, 15) is 10.2 Å². The number of hydrogen-bond acceptors (Lipinski definition) is 2. The highest BCUT2D eigenvalue weighted by Crippen LogP contribution is 2.48. The lowest BCUT2D eigenvalue weighted by Crippen LogP contribution is -2.08. The third-order valence-electron chi connectivity index (χ3n) is 3.22. The van der Waals surface area contributed by atoms with Crippen LogP contribution in [-0.4, -0.2) is 10.2 Å². The Morgan fingerprint density at radius 2 is 1.87 bits per heavy atom. The molecule has 0 heterocycles. The van der Waals surface area contributed by atoms with Crippen molar-refractivity contribution < 1.29 is 10.2 Å². The molecule has 0 spiro atoms. The SMILES string of the molecule is Cc1cc(O)c(C(C)C)cc1C1(O)CC1. The summed E-state index contributed by atoms with van der Waals surface area (Å²) in [6.07, 6.45) is 1.69. The molecule has 0 saturated heterocycles. The average molecular weight is 206 g/mol. The predicted octanol–water partition coefficient (Wildman–Crippen LogP) is 2.81. The molecule has 0 atom stereocenters. The summed E-state index contributed by atoms with van der Waals surface area (Å²) >= 11 is 0. The number of benzene rings is 1. The van der Waals surface area contributed by atoms with Gasteiger partial charge in [0.2, 0.25) is 0 Å². The molecular formula is C13H18O2. The minimum absolute atomic E-state index is 0.284. The van der Waals surface area contributed by atoms with Crippen LogP contribution in [0.15, 0.2) is 12.1 Å². The van der Waals surface area contributed by atoms with E-state index in [0.717, 1.165) is 29.5 Å². The number of aromatic hydroxyl groups is 1. The van der Waals surface area contributed by atoms with Crippen molar-refractivity contribution in [2.45, 2.75) is 45.1 Å². The van der Waals surface area contributed by atoms with E-state index in [0.29, 0.717) is 5.75 Å². The van der Waals surface area contributed by atoms with Crippen molar-refractivity contribution in [3.8, 4) is 5.75 Å². The second-order valence-electron chi connectivity index (χ2n) is 4.91. The molecule has 0 aromatic heterocycles. The molecule has 1 fully saturated rings. The highest BCUT2D eigenvalue weighted by atomic mass is 16.3. The molecule has 0 aliphatic heterocycles. The van der Waals surface area contributed by atoms with Gasteiger partial charge >= 0.3 is 0 Å². The van der Waals surface area contributed by atoms with E-state index < -0.39 is 5.60 Å². The van der Waals surface area contributed by atoms with E-state index in [1.54, 1.807) is 6.07 Å². The molecule has 0 bridgehead atoms. The summed E-state index contributed by atoms with van der Waals surface area (Å²) in [7, 11) is 0. The van der Waals surface area contributed by atoms with E-state index >= 15 is 0 Å². The van der Waals surface area contributed by atoms with Gasteiger partial charge in [0.05, 0.1) is 5.60 Å². The van der Waals surface area contributed by atoms with Crippen LogP contribution in [-0.2, 0) is 5.60 Å². The highest BCUT2D eigenvalue weighted by molar-refractivity contribution is 5.46. The van der Waals surface area contributed by atoms with Crippen LogP contribution in [0.2, 0.25) is 0 Å². The predicted molar refractivity (Wildman–Crippen MR) is 60.1 cm³/mol. The van der Waals surface area contributed by atoms with E-state index in [4.69, 9.17) is 0 Å². The Labute approximate surface area is 90.6 Å². The first-order chi connectivity index (χ1) is 6.94. The molecule has 2 heteroatoms. The first-order valence-corrected chi connectivity index (χ1v) is 5.50. The Morgan fingerprint density at radius 1 is 1.27 bits per heavy atom. The van der Waals surface area contributed by atoms with Crippen molar-refractivity contribution in [1.82, 2.24) is 0 Å². The Bertz CT molecular complexity index is 390. The second-order valence-corrected chi connectivity index (χ2v) is 4.91. The molecule has 1 aliphatic rings. The number of phenolic OH excluding ortho intramolecular Hbond substituents is 1. The van der Waals surface area contributed by atoms with Gasteiger partial charge in [-0.15, -0.1) is 0 Å². The first kappa shape index (κ1) is 10.5. The van der Waals surface area contributed by atoms with Crippen molar-refractivity contribution in [1.29, 1.82) is 0 Å². The summed E-state index contributed by atoms with van der Waals surface area (Å²) in [6.45, 7) is 6.03. The molecular weight excluding hydrogens is 188 g/mol. The largest absolute Gasteiger partial charge is 0.508 e. The molecule has 1 aromatic carbocycles. The fraction of sp³-hybridized carbons (Fsp3) is 0.538. The van der Waals surface area contributed by atoms with Crippen LogP contribution in [0.1, 0.15) is 49.3 Å². The van der Waals surface area contributed by atoms with Gasteiger partial charge < -0.3 is 10.2 Å². The van der Waals surface area contributed by atoms with E-state index in [1.807, 2.05) is 26.8 Å². The second kappa shape index (κ2) is 3.24. The van der Waals surface area contributed by atoms with Crippen molar-refractivity contribution in [3.05, 3.63) is 28.8 Å². The number of rotatable bonds is 2. The zero-order chi connectivity index (χ0) is 11.2. The molecule has 15 heavy (non-hydrogen) atoms. The molecule has 2 rings (SSSR count). The van der Waals surface area contributed by atoms with Crippen LogP contribution in [0.3, 0.4) is 0 Å². The van der Waals surface area contributed by atoms with Gasteiger partial charge in [-0.25, -0.2) is 0 Å². The number of aliphatic hydroxyl groups is 1. The molecule has 0 amide bonds. The summed E-state index contributed by atoms with van der Waals surface area (Å²) in [5.74, 6) is 0.627. The van der Waals surface area contributed by atoms with Gasteiger partial charge in [0, 0.05) is 0 Å².